The van der Waals surface area contributed by atoms with Crippen LogP contribution in [0, 0.1) is 5.41 Å². The number of benzene rings is 2. The standard InChI is InChI=1S/C25H24N2O4S/c1-25(2,3)22(29)19-20(17-7-5-6-8-18(17)31-4)27(24(30)21(19)28)16-11-9-15(10-12-16)23-26-13-14-32-23/h5-14,28,30H,1-4H3. The number of ether oxygens (including phenoxy) is 1. The van der Waals surface area contributed by atoms with E-state index in [0.29, 0.717) is 22.7 Å². The zero-order chi connectivity index (χ0) is 23.0. The Bertz CT molecular complexity index is 1270. The summed E-state index contributed by atoms with van der Waals surface area (Å²) < 4.78 is 7.02. The molecule has 0 amide bonds. The van der Waals surface area contributed by atoms with Gasteiger partial charge in [-0.15, -0.1) is 11.3 Å². The smallest absolute Gasteiger partial charge is 0.240 e. The molecule has 0 aliphatic rings. The molecule has 0 atom stereocenters. The van der Waals surface area contributed by atoms with E-state index in [2.05, 4.69) is 4.98 Å². The van der Waals surface area contributed by atoms with E-state index in [1.807, 2.05) is 41.8 Å². The summed E-state index contributed by atoms with van der Waals surface area (Å²) in [5, 5.41) is 24.6. The first-order valence-electron chi connectivity index (χ1n) is 10.1. The van der Waals surface area contributed by atoms with Gasteiger partial charge in [-0.05, 0) is 36.4 Å². The van der Waals surface area contributed by atoms with E-state index >= 15 is 0 Å². The number of aromatic nitrogens is 2. The van der Waals surface area contributed by atoms with Crippen molar-refractivity contribution < 1.29 is 19.7 Å². The second-order valence-corrected chi connectivity index (χ2v) is 9.29. The fraction of sp³-hybridized carbons (Fsp3) is 0.200. The largest absolute Gasteiger partial charge is 0.503 e. The van der Waals surface area contributed by atoms with Crippen LogP contribution in [-0.2, 0) is 0 Å². The van der Waals surface area contributed by atoms with Crippen molar-refractivity contribution in [1.29, 1.82) is 0 Å². The summed E-state index contributed by atoms with van der Waals surface area (Å²) in [7, 11) is 1.54. The Morgan fingerprint density at radius 2 is 1.75 bits per heavy atom. The van der Waals surface area contributed by atoms with E-state index in [0.717, 1.165) is 10.6 Å². The van der Waals surface area contributed by atoms with E-state index < -0.39 is 17.0 Å². The second kappa shape index (κ2) is 8.16. The van der Waals surface area contributed by atoms with Crippen LogP contribution in [0.25, 0.3) is 27.5 Å². The molecule has 0 fully saturated rings. The molecule has 0 unspecified atom stereocenters. The minimum Gasteiger partial charge on any atom is -0.503 e. The summed E-state index contributed by atoms with van der Waals surface area (Å²) in [4.78, 5) is 17.7. The molecule has 2 heterocycles. The lowest BCUT2D eigenvalue weighted by molar-refractivity contribution is 0.0856. The molecule has 2 aromatic carbocycles. The molecule has 0 bridgehead atoms. The van der Waals surface area contributed by atoms with Crippen LogP contribution in [0.3, 0.4) is 0 Å². The van der Waals surface area contributed by atoms with Crippen LogP contribution < -0.4 is 4.74 Å². The number of ketones is 1. The molecule has 7 heteroatoms. The normalized spacial score (nSPS) is 11.5. The number of carbonyl (C=O) groups is 1. The molecule has 0 aliphatic heterocycles. The first-order chi connectivity index (χ1) is 15.2. The summed E-state index contributed by atoms with van der Waals surface area (Å²) in [6.07, 6.45) is 1.74. The number of rotatable bonds is 5. The predicted octanol–water partition coefficient (Wildman–Crippen LogP) is 5.92. The first-order valence-corrected chi connectivity index (χ1v) is 11.0. The third-order valence-electron chi connectivity index (χ3n) is 5.20. The summed E-state index contributed by atoms with van der Waals surface area (Å²) in [5.74, 6) is -0.617. The highest BCUT2D eigenvalue weighted by molar-refractivity contribution is 7.13. The molecule has 0 radical (unpaired) electrons. The van der Waals surface area contributed by atoms with E-state index in [1.165, 1.54) is 15.9 Å². The lowest BCUT2D eigenvalue weighted by atomic mass is 9.85. The van der Waals surface area contributed by atoms with Crippen LogP contribution in [0.4, 0.5) is 0 Å². The number of hydrogen-bond acceptors (Lipinski definition) is 6. The van der Waals surface area contributed by atoms with E-state index in [4.69, 9.17) is 4.74 Å². The maximum atomic E-state index is 13.4. The summed E-state index contributed by atoms with van der Waals surface area (Å²) in [5.41, 5.74) is 1.77. The fourth-order valence-corrected chi connectivity index (χ4v) is 4.25. The average Bonchev–Trinajstić information content (AvgIpc) is 3.40. The zero-order valence-corrected chi connectivity index (χ0v) is 19.1. The molecule has 32 heavy (non-hydrogen) atoms. The number of Topliss-reactive ketones (excluding diaryl/α,β-unsaturated/α-hetero) is 1. The van der Waals surface area contributed by atoms with Crippen LogP contribution in [0.1, 0.15) is 31.1 Å². The Balaban J connectivity index is 2.00. The third kappa shape index (κ3) is 3.65. The van der Waals surface area contributed by atoms with Gasteiger partial charge in [0, 0.05) is 33.8 Å². The van der Waals surface area contributed by atoms with Crippen LogP contribution in [0.2, 0.25) is 0 Å². The van der Waals surface area contributed by atoms with Gasteiger partial charge in [0.25, 0.3) is 0 Å². The summed E-state index contributed by atoms with van der Waals surface area (Å²) >= 11 is 1.53. The van der Waals surface area contributed by atoms with Gasteiger partial charge < -0.3 is 14.9 Å². The van der Waals surface area contributed by atoms with E-state index in [9.17, 15) is 15.0 Å². The van der Waals surface area contributed by atoms with Gasteiger partial charge in [0.2, 0.25) is 5.88 Å². The molecular weight excluding hydrogens is 424 g/mol. The fourth-order valence-electron chi connectivity index (χ4n) is 3.60. The lowest BCUT2D eigenvalue weighted by Crippen LogP contribution is -2.21. The number of methoxy groups -OCH3 is 1. The number of nitrogens with zero attached hydrogens (tertiary/aromatic N) is 2. The monoisotopic (exact) mass is 448 g/mol. The molecule has 0 aliphatic carbocycles. The van der Waals surface area contributed by atoms with Crippen LogP contribution in [0.15, 0.2) is 60.1 Å². The van der Waals surface area contributed by atoms with Crippen molar-refractivity contribution in [1.82, 2.24) is 9.55 Å². The molecule has 0 saturated heterocycles. The minimum absolute atomic E-state index is 0.0588. The number of carbonyl (C=O) groups excluding carboxylic acids is 1. The van der Waals surface area contributed by atoms with Crippen LogP contribution in [0.5, 0.6) is 17.4 Å². The number of hydrogen-bond donors (Lipinski definition) is 2. The predicted molar refractivity (Wildman–Crippen MR) is 126 cm³/mol. The van der Waals surface area contributed by atoms with Gasteiger partial charge in [-0.2, -0.15) is 0 Å². The highest BCUT2D eigenvalue weighted by Gasteiger charge is 2.35. The SMILES string of the molecule is COc1ccccc1-c1c(C(=O)C(C)(C)C)c(O)c(O)n1-c1ccc(-c2nccs2)cc1. The number of aromatic hydroxyl groups is 2. The zero-order valence-electron chi connectivity index (χ0n) is 18.3. The van der Waals surface area contributed by atoms with Gasteiger partial charge >= 0.3 is 0 Å². The van der Waals surface area contributed by atoms with E-state index in [-0.39, 0.29) is 11.3 Å². The third-order valence-corrected chi connectivity index (χ3v) is 6.02. The molecule has 4 rings (SSSR count). The Kier molecular flexibility index (Phi) is 5.52. The Morgan fingerprint density at radius 3 is 2.34 bits per heavy atom. The Labute approximate surface area is 190 Å². The number of para-hydroxylation sites is 1. The van der Waals surface area contributed by atoms with E-state index in [1.54, 1.807) is 46.2 Å². The molecule has 2 aromatic heterocycles. The highest BCUT2D eigenvalue weighted by atomic mass is 32.1. The van der Waals surface area contributed by atoms with Crippen molar-refractivity contribution in [2.24, 2.45) is 5.41 Å². The highest BCUT2D eigenvalue weighted by Crippen LogP contribution is 2.47. The van der Waals surface area contributed by atoms with Crippen molar-refractivity contribution in [3.8, 4) is 44.9 Å². The van der Waals surface area contributed by atoms with Gasteiger partial charge in [0.05, 0.1) is 18.4 Å². The van der Waals surface area contributed by atoms with Crippen LogP contribution in [-0.4, -0.2) is 32.7 Å². The van der Waals surface area contributed by atoms with Crippen LogP contribution >= 0.6 is 11.3 Å². The number of thiazole rings is 1. The average molecular weight is 449 g/mol. The van der Waals surface area contributed by atoms with Crippen molar-refractivity contribution >= 4 is 17.1 Å². The van der Waals surface area contributed by atoms with Gasteiger partial charge in [0.15, 0.2) is 11.5 Å². The Hall–Kier alpha value is -3.58. The topological polar surface area (TPSA) is 84.6 Å². The van der Waals surface area contributed by atoms with Crippen molar-refractivity contribution in [3.63, 3.8) is 0 Å². The maximum Gasteiger partial charge on any atom is 0.240 e. The van der Waals surface area contributed by atoms with Gasteiger partial charge in [-0.1, -0.05) is 32.9 Å². The minimum atomic E-state index is -0.776. The molecule has 4 aromatic rings. The summed E-state index contributed by atoms with van der Waals surface area (Å²) in [6, 6.07) is 14.6. The maximum absolute atomic E-state index is 13.4. The molecule has 0 saturated carbocycles. The summed E-state index contributed by atoms with van der Waals surface area (Å²) in [6.45, 7) is 5.33. The second-order valence-electron chi connectivity index (χ2n) is 8.39. The lowest BCUT2D eigenvalue weighted by Gasteiger charge is -2.19. The Morgan fingerprint density at radius 1 is 1.06 bits per heavy atom. The van der Waals surface area contributed by atoms with Crippen molar-refractivity contribution in [3.05, 3.63) is 65.7 Å². The molecule has 2 N–H and O–H groups in total. The molecule has 164 valence electrons. The van der Waals surface area contributed by atoms with Crippen molar-refractivity contribution in [2.75, 3.05) is 7.11 Å². The molecule has 0 spiro atoms. The van der Waals surface area contributed by atoms with Crippen molar-refractivity contribution in [2.45, 2.75) is 20.8 Å². The molecular formula is C25H24N2O4S. The molecule has 6 nitrogen and oxygen atoms in total. The quantitative estimate of drug-likeness (QED) is 0.370. The van der Waals surface area contributed by atoms with Gasteiger partial charge in [-0.3, -0.25) is 9.36 Å². The first kappa shape index (κ1) is 21.6. The van der Waals surface area contributed by atoms with Gasteiger partial charge in [0.1, 0.15) is 10.8 Å². The van der Waals surface area contributed by atoms with Gasteiger partial charge in [-0.25, -0.2) is 4.98 Å².